The Kier molecular flexibility index (Phi) is 4.73. The quantitative estimate of drug-likeness (QED) is 0.719. The predicted octanol–water partition coefficient (Wildman–Crippen LogP) is 4.59. The molecule has 1 heterocycles. The fourth-order valence-electron chi connectivity index (χ4n) is 2.60. The van der Waals surface area contributed by atoms with Crippen molar-refractivity contribution in [3.63, 3.8) is 0 Å². The van der Waals surface area contributed by atoms with Crippen molar-refractivity contribution in [3.8, 4) is 0 Å². The fourth-order valence-corrected chi connectivity index (χ4v) is 3.27. The van der Waals surface area contributed by atoms with Crippen molar-refractivity contribution in [2.45, 2.75) is 50.9 Å². The number of likely N-dealkylation sites (tertiary alicyclic amines) is 1. The minimum Gasteiger partial charge on any atom is -0.298 e. The Labute approximate surface area is 126 Å². The van der Waals surface area contributed by atoms with E-state index in [0.717, 1.165) is 12.5 Å². The normalized spacial score (nSPS) is 25.5. The summed E-state index contributed by atoms with van der Waals surface area (Å²) < 4.78 is 0. The van der Waals surface area contributed by atoms with Crippen molar-refractivity contribution >= 4 is 15.9 Å². The lowest BCUT2D eigenvalue weighted by molar-refractivity contribution is 0.194. The maximum Gasteiger partial charge on any atom is 0.0299 e. The van der Waals surface area contributed by atoms with Gasteiger partial charge in [-0.05, 0) is 35.4 Å². The minimum atomic E-state index is 0.250. The van der Waals surface area contributed by atoms with Gasteiger partial charge in [0.15, 0.2) is 0 Å². The van der Waals surface area contributed by atoms with Crippen molar-refractivity contribution in [2.75, 3.05) is 13.1 Å². The highest BCUT2D eigenvalue weighted by Gasteiger charge is 2.23. The summed E-state index contributed by atoms with van der Waals surface area (Å²) in [5, 5.41) is 0. The van der Waals surface area contributed by atoms with Crippen LogP contribution in [0.1, 0.15) is 45.2 Å². The molecule has 0 saturated carbocycles. The molecule has 1 nitrogen and oxygen atoms in total. The number of benzene rings is 1. The van der Waals surface area contributed by atoms with Crippen molar-refractivity contribution < 1.29 is 0 Å². The lowest BCUT2D eigenvalue weighted by Crippen LogP contribution is -2.39. The van der Waals surface area contributed by atoms with Gasteiger partial charge in [0.2, 0.25) is 0 Å². The minimum absolute atomic E-state index is 0.250. The standard InChI is InChI=1S/C17H26BrN/c1-13-9-10-19(12-16(13)18)11-14-5-7-15(8-6-14)17(2,3)4/h5-8,13,16H,9-12H2,1-4H3. The van der Waals surface area contributed by atoms with Crippen LogP contribution in [0.15, 0.2) is 24.3 Å². The summed E-state index contributed by atoms with van der Waals surface area (Å²) in [6, 6.07) is 9.16. The molecule has 0 aromatic heterocycles. The first-order valence-corrected chi connectivity index (χ1v) is 8.23. The Bertz CT molecular complexity index is 404. The van der Waals surface area contributed by atoms with E-state index in [-0.39, 0.29) is 5.41 Å². The molecule has 1 aliphatic heterocycles. The van der Waals surface area contributed by atoms with Crippen LogP contribution >= 0.6 is 15.9 Å². The Balaban J connectivity index is 1.97. The van der Waals surface area contributed by atoms with Gasteiger partial charge in [-0.3, -0.25) is 4.90 Å². The number of hydrogen-bond acceptors (Lipinski definition) is 1. The van der Waals surface area contributed by atoms with E-state index in [4.69, 9.17) is 0 Å². The molecule has 2 atom stereocenters. The van der Waals surface area contributed by atoms with E-state index in [0.29, 0.717) is 4.83 Å². The molecule has 0 aliphatic carbocycles. The molecule has 2 rings (SSSR count). The number of hydrogen-bond donors (Lipinski definition) is 0. The zero-order valence-corrected chi connectivity index (χ0v) is 14.2. The molecule has 106 valence electrons. The van der Waals surface area contributed by atoms with E-state index in [9.17, 15) is 0 Å². The highest BCUT2D eigenvalue weighted by atomic mass is 79.9. The van der Waals surface area contributed by atoms with Crippen molar-refractivity contribution in [3.05, 3.63) is 35.4 Å². The maximum atomic E-state index is 3.80. The fraction of sp³-hybridized carbons (Fsp3) is 0.647. The summed E-state index contributed by atoms with van der Waals surface area (Å²) in [4.78, 5) is 3.21. The second-order valence-corrected chi connectivity index (χ2v) is 8.14. The van der Waals surface area contributed by atoms with Gasteiger partial charge in [0.05, 0.1) is 0 Å². The largest absolute Gasteiger partial charge is 0.298 e. The van der Waals surface area contributed by atoms with Gasteiger partial charge in [-0.25, -0.2) is 0 Å². The molecule has 2 heteroatoms. The Morgan fingerprint density at radius 2 is 1.84 bits per heavy atom. The van der Waals surface area contributed by atoms with E-state index in [2.05, 4.69) is 72.8 Å². The number of piperidine rings is 1. The van der Waals surface area contributed by atoms with Gasteiger partial charge >= 0.3 is 0 Å². The van der Waals surface area contributed by atoms with Crippen LogP contribution in [-0.2, 0) is 12.0 Å². The lowest BCUT2D eigenvalue weighted by Gasteiger charge is -2.34. The van der Waals surface area contributed by atoms with Gasteiger partial charge in [0.1, 0.15) is 0 Å². The van der Waals surface area contributed by atoms with Crippen LogP contribution in [0.4, 0.5) is 0 Å². The predicted molar refractivity (Wildman–Crippen MR) is 86.9 cm³/mol. The Morgan fingerprint density at radius 3 is 2.37 bits per heavy atom. The number of halogens is 1. The highest BCUT2D eigenvalue weighted by Crippen LogP contribution is 2.25. The Morgan fingerprint density at radius 1 is 1.21 bits per heavy atom. The third-order valence-corrected chi connectivity index (χ3v) is 5.37. The van der Waals surface area contributed by atoms with E-state index in [1.165, 1.54) is 30.6 Å². The summed E-state index contributed by atoms with van der Waals surface area (Å²) in [7, 11) is 0. The summed E-state index contributed by atoms with van der Waals surface area (Å²) in [6.07, 6.45) is 1.30. The SMILES string of the molecule is CC1CCN(Cc2ccc(C(C)(C)C)cc2)CC1Br. The molecular formula is C17H26BrN. The van der Waals surface area contributed by atoms with Gasteiger partial charge in [0.25, 0.3) is 0 Å². The third kappa shape index (κ3) is 4.06. The summed E-state index contributed by atoms with van der Waals surface area (Å²) in [5.41, 5.74) is 3.10. The van der Waals surface area contributed by atoms with E-state index in [1.54, 1.807) is 0 Å². The van der Waals surface area contributed by atoms with Crippen LogP contribution in [0.5, 0.6) is 0 Å². The highest BCUT2D eigenvalue weighted by molar-refractivity contribution is 9.09. The average molecular weight is 324 g/mol. The molecule has 19 heavy (non-hydrogen) atoms. The van der Waals surface area contributed by atoms with Crippen molar-refractivity contribution in [2.24, 2.45) is 5.92 Å². The van der Waals surface area contributed by atoms with Gasteiger partial charge < -0.3 is 0 Å². The molecule has 0 radical (unpaired) electrons. The van der Waals surface area contributed by atoms with E-state index >= 15 is 0 Å². The smallest absolute Gasteiger partial charge is 0.0299 e. The first-order valence-electron chi connectivity index (χ1n) is 7.32. The van der Waals surface area contributed by atoms with E-state index < -0.39 is 0 Å². The second-order valence-electron chi connectivity index (χ2n) is 6.96. The van der Waals surface area contributed by atoms with Crippen LogP contribution < -0.4 is 0 Å². The molecule has 1 aromatic rings. The molecule has 0 bridgehead atoms. The van der Waals surface area contributed by atoms with Crippen molar-refractivity contribution in [1.29, 1.82) is 0 Å². The van der Waals surface area contributed by atoms with Gasteiger partial charge in [0, 0.05) is 17.9 Å². The number of alkyl halides is 1. The monoisotopic (exact) mass is 323 g/mol. The summed E-state index contributed by atoms with van der Waals surface area (Å²) >= 11 is 3.80. The van der Waals surface area contributed by atoms with Crippen LogP contribution in [-0.4, -0.2) is 22.8 Å². The van der Waals surface area contributed by atoms with Crippen LogP contribution in [0.2, 0.25) is 0 Å². The van der Waals surface area contributed by atoms with Gasteiger partial charge in [-0.15, -0.1) is 0 Å². The molecule has 1 saturated heterocycles. The molecule has 1 aliphatic rings. The van der Waals surface area contributed by atoms with Gasteiger partial charge in [-0.1, -0.05) is 67.9 Å². The zero-order chi connectivity index (χ0) is 14.0. The average Bonchev–Trinajstić information content (AvgIpc) is 2.33. The van der Waals surface area contributed by atoms with Crippen molar-refractivity contribution in [1.82, 2.24) is 4.90 Å². The Hall–Kier alpha value is -0.340. The zero-order valence-electron chi connectivity index (χ0n) is 12.6. The molecule has 0 spiro atoms. The number of rotatable bonds is 2. The molecular weight excluding hydrogens is 298 g/mol. The first kappa shape index (κ1) is 15.1. The second kappa shape index (κ2) is 5.97. The van der Waals surface area contributed by atoms with E-state index in [1.807, 2.05) is 0 Å². The van der Waals surface area contributed by atoms with Crippen LogP contribution in [0, 0.1) is 5.92 Å². The molecule has 0 amide bonds. The third-order valence-electron chi connectivity index (χ3n) is 4.18. The van der Waals surface area contributed by atoms with Crippen LogP contribution in [0.25, 0.3) is 0 Å². The maximum absolute atomic E-state index is 3.80. The molecule has 1 fully saturated rings. The molecule has 1 aromatic carbocycles. The van der Waals surface area contributed by atoms with Gasteiger partial charge in [-0.2, -0.15) is 0 Å². The lowest BCUT2D eigenvalue weighted by atomic mass is 9.86. The topological polar surface area (TPSA) is 3.24 Å². The number of nitrogens with zero attached hydrogens (tertiary/aromatic N) is 1. The summed E-state index contributed by atoms with van der Waals surface area (Å²) in [6.45, 7) is 12.6. The first-order chi connectivity index (χ1) is 8.86. The molecule has 2 unspecified atom stereocenters. The molecule has 0 N–H and O–H groups in total. The summed E-state index contributed by atoms with van der Waals surface area (Å²) in [5.74, 6) is 0.805. The van der Waals surface area contributed by atoms with Crippen LogP contribution in [0.3, 0.4) is 0 Å².